The fourth-order valence-electron chi connectivity index (χ4n) is 2.98. The number of allylic oxidation sites excluding steroid dienone is 1. The summed E-state index contributed by atoms with van der Waals surface area (Å²) in [4.78, 5) is 27.7. The standard InChI is InChI=1S/C23H23NO6/c1-14-20(29-18-9-5-16(6-10-18)22(25)27-3)13-21(15(2)24-14)30-19-11-7-17(8-12-19)23(26)28-4/h5-12,20H,13H2,1-4H3. The van der Waals surface area contributed by atoms with E-state index in [2.05, 4.69) is 4.99 Å². The first kappa shape index (κ1) is 21.1. The zero-order chi connectivity index (χ0) is 21.7. The molecule has 7 heteroatoms. The lowest BCUT2D eigenvalue weighted by molar-refractivity contribution is 0.0592. The molecule has 0 aliphatic carbocycles. The van der Waals surface area contributed by atoms with Crippen LogP contribution >= 0.6 is 0 Å². The van der Waals surface area contributed by atoms with Crippen molar-refractivity contribution in [1.29, 1.82) is 0 Å². The number of carbonyl (C=O) groups is 2. The van der Waals surface area contributed by atoms with Crippen LogP contribution in [0, 0.1) is 0 Å². The molecule has 0 fully saturated rings. The second-order valence-electron chi connectivity index (χ2n) is 6.71. The van der Waals surface area contributed by atoms with E-state index >= 15 is 0 Å². The maximum absolute atomic E-state index is 11.6. The molecule has 0 saturated heterocycles. The molecule has 2 aromatic rings. The van der Waals surface area contributed by atoms with Gasteiger partial charge in [-0.15, -0.1) is 0 Å². The number of aliphatic imine (C=N–C) groups is 1. The van der Waals surface area contributed by atoms with Crippen LogP contribution in [-0.2, 0) is 9.47 Å². The number of benzene rings is 2. The maximum atomic E-state index is 11.6. The van der Waals surface area contributed by atoms with Gasteiger partial charge < -0.3 is 18.9 Å². The van der Waals surface area contributed by atoms with Crippen molar-refractivity contribution in [2.45, 2.75) is 26.4 Å². The second-order valence-corrected chi connectivity index (χ2v) is 6.71. The van der Waals surface area contributed by atoms with Gasteiger partial charge in [0.05, 0.1) is 43.2 Å². The normalized spacial score (nSPS) is 15.9. The van der Waals surface area contributed by atoms with Crippen LogP contribution in [0.2, 0.25) is 0 Å². The van der Waals surface area contributed by atoms with E-state index in [1.807, 2.05) is 13.8 Å². The quantitative estimate of drug-likeness (QED) is 0.666. The van der Waals surface area contributed by atoms with Gasteiger partial charge in [-0.2, -0.15) is 0 Å². The van der Waals surface area contributed by atoms with Crippen LogP contribution in [-0.4, -0.2) is 38.0 Å². The first-order valence-corrected chi connectivity index (χ1v) is 9.37. The summed E-state index contributed by atoms with van der Waals surface area (Å²) in [5.41, 5.74) is 2.50. The Morgan fingerprint density at radius 3 is 1.83 bits per heavy atom. The lowest BCUT2D eigenvalue weighted by atomic mass is 10.1. The molecular formula is C23H23NO6. The molecule has 0 N–H and O–H groups in total. The van der Waals surface area contributed by atoms with E-state index in [4.69, 9.17) is 18.9 Å². The van der Waals surface area contributed by atoms with Gasteiger partial charge in [-0.3, -0.25) is 4.99 Å². The molecule has 0 bridgehead atoms. The minimum atomic E-state index is -0.401. The molecule has 3 rings (SSSR count). The highest BCUT2D eigenvalue weighted by molar-refractivity contribution is 5.90. The molecule has 0 spiro atoms. The van der Waals surface area contributed by atoms with Crippen LogP contribution in [0.1, 0.15) is 41.0 Å². The summed E-state index contributed by atoms with van der Waals surface area (Å²) < 4.78 is 21.5. The average Bonchev–Trinajstić information content (AvgIpc) is 2.77. The molecule has 1 aliphatic heterocycles. The molecule has 7 nitrogen and oxygen atoms in total. The van der Waals surface area contributed by atoms with Crippen molar-refractivity contribution in [3.05, 3.63) is 71.1 Å². The first-order chi connectivity index (χ1) is 14.4. The van der Waals surface area contributed by atoms with Crippen LogP contribution in [0.15, 0.2) is 65.0 Å². The minimum Gasteiger partial charge on any atom is -0.484 e. The van der Waals surface area contributed by atoms with E-state index < -0.39 is 11.9 Å². The number of hydrogen-bond acceptors (Lipinski definition) is 7. The molecular weight excluding hydrogens is 386 g/mol. The van der Waals surface area contributed by atoms with Crippen LogP contribution in [0.4, 0.5) is 0 Å². The Morgan fingerprint density at radius 2 is 1.33 bits per heavy atom. The Labute approximate surface area is 174 Å². The van der Waals surface area contributed by atoms with Gasteiger partial charge in [0.15, 0.2) is 0 Å². The van der Waals surface area contributed by atoms with Gasteiger partial charge >= 0.3 is 11.9 Å². The number of methoxy groups -OCH3 is 2. The Morgan fingerprint density at radius 1 is 0.833 bits per heavy atom. The Kier molecular flexibility index (Phi) is 6.51. The van der Waals surface area contributed by atoms with Crippen LogP contribution in [0.25, 0.3) is 0 Å². The minimum absolute atomic E-state index is 0.304. The predicted octanol–water partition coefficient (Wildman–Crippen LogP) is 4.18. The van der Waals surface area contributed by atoms with Gasteiger partial charge in [0, 0.05) is 0 Å². The molecule has 1 aliphatic rings. The third kappa shape index (κ3) is 4.86. The molecule has 0 radical (unpaired) electrons. The molecule has 2 aromatic carbocycles. The van der Waals surface area contributed by atoms with E-state index in [9.17, 15) is 9.59 Å². The summed E-state index contributed by atoms with van der Waals surface area (Å²) in [5.74, 6) is 1.09. The van der Waals surface area contributed by atoms with Gasteiger partial charge in [-0.1, -0.05) is 0 Å². The highest BCUT2D eigenvalue weighted by atomic mass is 16.5. The summed E-state index contributed by atoms with van der Waals surface area (Å²) in [7, 11) is 2.68. The van der Waals surface area contributed by atoms with Crippen LogP contribution in [0.3, 0.4) is 0 Å². The second kappa shape index (κ2) is 9.26. The van der Waals surface area contributed by atoms with E-state index in [1.54, 1.807) is 48.5 Å². The highest BCUT2D eigenvalue weighted by Crippen LogP contribution is 2.27. The third-order valence-electron chi connectivity index (χ3n) is 4.65. The van der Waals surface area contributed by atoms with Gasteiger partial charge in [0.25, 0.3) is 0 Å². The largest absolute Gasteiger partial charge is 0.484 e. The zero-order valence-corrected chi connectivity index (χ0v) is 17.3. The summed E-state index contributed by atoms with van der Waals surface area (Å²) in [6, 6.07) is 13.4. The molecule has 1 heterocycles. The average molecular weight is 409 g/mol. The van der Waals surface area contributed by atoms with Crippen molar-refractivity contribution >= 4 is 17.7 Å². The summed E-state index contributed by atoms with van der Waals surface area (Å²) in [5, 5.41) is 0. The Bertz CT molecular complexity index is 989. The zero-order valence-electron chi connectivity index (χ0n) is 17.3. The monoisotopic (exact) mass is 409 g/mol. The van der Waals surface area contributed by atoms with Crippen molar-refractivity contribution in [3.8, 4) is 11.5 Å². The molecule has 0 aromatic heterocycles. The topological polar surface area (TPSA) is 83.4 Å². The van der Waals surface area contributed by atoms with Gasteiger partial charge in [-0.05, 0) is 62.4 Å². The lowest BCUT2D eigenvalue weighted by Crippen LogP contribution is -2.30. The Hall–Kier alpha value is -3.61. The number of rotatable bonds is 6. The SMILES string of the molecule is COC(=O)c1ccc(OC2=C(C)N=C(C)C(Oc3ccc(C(=O)OC)cc3)C2)cc1. The lowest BCUT2D eigenvalue weighted by Gasteiger charge is -2.25. The molecule has 1 unspecified atom stereocenters. The molecule has 0 saturated carbocycles. The molecule has 0 amide bonds. The van der Waals surface area contributed by atoms with Gasteiger partial charge in [0.1, 0.15) is 23.4 Å². The van der Waals surface area contributed by atoms with Crippen molar-refractivity contribution in [2.24, 2.45) is 4.99 Å². The molecule has 30 heavy (non-hydrogen) atoms. The smallest absolute Gasteiger partial charge is 0.337 e. The fraction of sp³-hybridized carbons (Fsp3) is 0.261. The number of carbonyl (C=O) groups excluding carboxylic acids is 2. The predicted molar refractivity (Wildman–Crippen MR) is 111 cm³/mol. The Balaban J connectivity index is 1.70. The van der Waals surface area contributed by atoms with E-state index in [0.717, 1.165) is 11.4 Å². The van der Waals surface area contributed by atoms with Crippen molar-refractivity contribution in [3.63, 3.8) is 0 Å². The maximum Gasteiger partial charge on any atom is 0.337 e. The first-order valence-electron chi connectivity index (χ1n) is 9.37. The van der Waals surface area contributed by atoms with E-state index in [-0.39, 0.29) is 6.10 Å². The van der Waals surface area contributed by atoms with E-state index in [0.29, 0.717) is 34.8 Å². The van der Waals surface area contributed by atoms with Crippen molar-refractivity contribution in [2.75, 3.05) is 14.2 Å². The number of ether oxygens (including phenoxy) is 4. The van der Waals surface area contributed by atoms with Gasteiger partial charge in [0.2, 0.25) is 0 Å². The number of hydrogen-bond donors (Lipinski definition) is 0. The summed E-state index contributed by atoms with van der Waals surface area (Å²) in [6.45, 7) is 3.78. The van der Waals surface area contributed by atoms with E-state index in [1.165, 1.54) is 14.2 Å². The van der Waals surface area contributed by atoms with Crippen LogP contribution < -0.4 is 9.47 Å². The number of nitrogens with zero attached hydrogens (tertiary/aromatic N) is 1. The fourth-order valence-corrected chi connectivity index (χ4v) is 2.98. The van der Waals surface area contributed by atoms with Crippen LogP contribution in [0.5, 0.6) is 11.5 Å². The molecule has 156 valence electrons. The van der Waals surface area contributed by atoms with Crippen molar-refractivity contribution < 1.29 is 28.5 Å². The summed E-state index contributed by atoms with van der Waals surface area (Å²) >= 11 is 0. The number of esters is 2. The molecule has 1 atom stereocenters. The van der Waals surface area contributed by atoms with Crippen molar-refractivity contribution in [1.82, 2.24) is 0 Å². The summed E-state index contributed by atoms with van der Waals surface area (Å²) in [6.07, 6.45) is 0.195. The third-order valence-corrected chi connectivity index (χ3v) is 4.65. The van der Waals surface area contributed by atoms with Gasteiger partial charge in [-0.25, -0.2) is 9.59 Å². The highest BCUT2D eigenvalue weighted by Gasteiger charge is 2.24.